The van der Waals surface area contributed by atoms with Gasteiger partial charge in [-0.3, -0.25) is 9.59 Å². The molecule has 0 radical (unpaired) electrons. The Morgan fingerprint density at radius 3 is 2.77 bits per heavy atom. The van der Waals surface area contributed by atoms with Crippen LogP contribution in [0.3, 0.4) is 0 Å². The molecule has 5 atom stereocenters. The summed E-state index contributed by atoms with van der Waals surface area (Å²) in [5, 5.41) is 0. The number of hydrogen-bond donors (Lipinski definition) is 0. The van der Waals surface area contributed by atoms with E-state index < -0.39 is 11.7 Å². The minimum atomic E-state index is -0.966. The lowest BCUT2D eigenvalue weighted by Crippen LogP contribution is -2.61. The van der Waals surface area contributed by atoms with Crippen molar-refractivity contribution in [3.05, 3.63) is 35.4 Å². The highest BCUT2D eigenvalue weighted by molar-refractivity contribution is 6.06. The first-order chi connectivity index (χ1) is 15.0. The average molecular weight is 427 g/mol. The van der Waals surface area contributed by atoms with Gasteiger partial charge in [0.2, 0.25) is 6.29 Å². The molecule has 3 fully saturated rings. The molecule has 1 amide bonds. The Kier molecular flexibility index (Phi) is 4.95. The lowest BCUT2D eigenvalue weighted by atomic mass is 9.57. The molecule has 7 nitrogen and oxygen atoms in total. The van der Waals surface area contributed by atoms with Crippen LogP contribution in [0.1, 0.15) is 25.3 Å². The average Bonchev–Trinajstić information content (AvgIpc) is 3.02. The molecule has 31 heavy (non-hydrogen) atoms. The summed E-state index contributed by atoms with van der Waals surface area (Å²) < 4.78 is 16.9. The first-order valence-corrected chi connectivity index (χ1v) is 11.0. The number of amides is 1. The lowest BCUT2D eigenvalue weighted by Gasteiger charge is -2.47. The van der Waals surface area contributed by atoms with E-state index in [1.54, 1.807) is 7.11 Å². The normalized spacial score (nSPS) is 36.5. The lowest BCUT2D eigenvalue weighted by molar-refractivity contribution is -0.162. The van der Waals surface area contributed by atoms with E-state index in [0.717, 1.165) is 24.3 Å². The van der Waals surface area contributed by atoms with Gasteiger partial charge >= 0.3 is 0 Å². The highest BCUT2D eigenvalue weighted by Gasteiger charge is 2.65. The van der Waals surface area contributed by atoms with E-state index in [9.17, 15) is 9.59 Å². The van der Waals surface area contributed by atoms with Crippen LogP contribution in [0.25, 0.3) is 0 Å². The maximum atomic E-state index is 14.0. The summed E-state index contributed by atoms with van der Waals surface area (Å²) >= 11 is 0. The minimum Gasteiger partial charge on any atom is -0.497 e. The number of allylic oxidation sites excluding steroid dienone is 1. The molecule has 7 heteroatoms. The van der Waals surface area contributed by atoms with Crippen molar-refractivity contribution in [3.63, 3.8) is 0 Å². The second-order valence-corrected chi connectivity index (χ2v) is 9.16. The van der Waals surface area contributed by atoms with Crippen molar-refractivity contribution in [2.24, 2.45) is 11.8 Å². The molecule has 5 unspecified atom stereocenters. The van der Waals surface area contributed by atoms with Crippen LogP contribution < -0.4 is 9.64 Å². The van der Waals surface area contributed by atoms with Gasteiger partial charge < -0.3 is 24.0 Å². The van der Waals surface area contributed by atoms with Gasteiger partial charge in [0.25, 0.3) is 5.91 Å². The molecule has 2 saturated heterocycles. The second kappa shape index (κ2) is 7.43. The molecule has 1 saturated carbocycles. The van der Waals surface area contributed by atoms with Gasteiger partial charge in [-0.05, 0) is 56.6 Å². The van der Waals surface area contributed by atoms with Crippen molar-refractivity contribution in [1.82, 2.24) is 4.90 Å². The van der Waals surface area contributed by atoms with Gasteiger partial charge in [-0.1, -0.05) is 11.6 Å². The van der Waals surface area contributed by atoms with Gasteiger partial charge in [-0.2, -0.15) is 0 Å². The number of benzene rings is 1. The number of ketones is 1. The fourth-order valence-electron chi connectivity index (χ4n) is 6.39. The van der Waals surface area contributed by atoms with Crippen molar-refractivity contribution in [3.8, 4) is 5.75 Å². The molecule has 3 aliphatic heterocycles. The molecular weight excluding hydrogens is 396 g/mol. The number of carbonyl (C=O) groups excluding carboxylic acids is 2. The fourth-order valence-corrected chi connectivity index (χ4v) is 6.39. The molecule has 1 aliphatic carbocycles. The van der Waals surface area contributed by atoms with Gasteiger partial charge in [-0.25, -0.2) is 0 Å². The van der Waals surface area contributed by atoms with Gasteiger partial charge in [0.15, 0.2) is 0 Å². The zero-order valence-corrected chi connectivity index (χ0v) is 18.6. The summed E-state index contributed by atoms with van der Waals surface area (Å²) in [6.45, 7) is 4.02. The first kappa shape index (κ1) is 20.7. The van der Waals surface area contributed by atoms with Crippen molar-refractivity contribution >= 4 is 17.4 Å². The van der Waals surface area contributed by atoms with Crippen LogP contribution in [0.4, 0.5) is 5.69 Å². The maximum absolute atomic E-state index is 14.0. The topological polar surface area (TPSA) is 68.3 Å². The predicted octanol–water partition coefficient (Wildman–Crippen LogP) is 2.14. The number of Topliss-reactive ketones (excluding diaryl/α,β-unsaturated/α-hetero) is 1. The highest BCUT2D eigenvalue weighted by Crippen LogP contribution is 2.58. The van der Waals surface area contributed by atoms with Crippen LogP contribution in [-0.4, -0.2) is 69.9 Å². The quantitative estimate of drug-likeness (QED) is 0.675. The third-order valence-corrected chi connectivity index (χ3v) is 7.83. The van der Waals surface area contributed by atoms with Crippen molar-refractivity contribution in [1.29, 1.82) is 0 Å². The minimum absolute atomic E-state index is 0.0119. The zero-order chi connectivity index (χ0) is 21.9. The molecule has 1 aromatic rings. The van der Waals surface area contributed by atoms with E-state index in [0.29, 0.717) is 25.2 Å². The Morgan fingerprint density at radius 1 is 1.26 bits per heavy atom. The molecule has 166 valence electrons. The molecule has 5 rings (SSSR count). The third kappa shape index (κ3) is 2.76. The van der Waals surface area contributed by atoms with Crippen LogP contribution in [-0.2, 0) is 24.5 Å². The molecule has 4 aliphatic rings. The van der Waals surface area contributed by atoms with Gasteiger partial charge in [0, 0.05) is 31.7 Å². The van der Waals surface area contributed by atoms with Crippen LogP contribution in [0.2, 0.25) is 0 Å². The summed E-state index contributed by atoms with van der Waals surface area (Å²) in [5.41, 5.74) is 2.18. The summed E-state index contributed by atoms with van der Waals surface area (Å²) in [5.74, 6) is 0.739. The summed E-state index contributed by atoms with van der Waals surface area (Å²) in [4.78, 5) is 31.7. The van der Waals surface area contributed by atoms with Crippen molar-refractivity contribution in [2.45, 2.75) is 37.5 Å². The van der Waals surface area contributed by atoms with Crippen LogP contribution in [0, 0.1) is 11.8 Å². The fraction of sp³-hybridized carbons (Fsp3) is 0.583. The number of anilines is 1. The van der Waals surface area contributed by atoms with Gasteiger partial charge in [0.05, 0.1) is 25.2 Å². The summed E-state index contributed by atoms with van der Waals surface area (Å²) in [7, 11) is 5.23. The number of nitrogens with zero attached hydrogens (tertiary/aromatic N) is 2. The van der Waals surface area contributed by atoms with E-state index in [4.69, 9.17) is 14.2 Å². The largest absolute Gasteiger partial charge is 0.497 e. The first-order valence-electron chi connectivity index (χ1n) is 11.0. The molecule has 3 heterocycles. The third-order valence-electron chi connectivity index (χ3n) is 7.83. The number of methoxy groups -OCH3 is 2. The maximum Gasteiger partial charge on any atom is 0.284 e. The van der Waals surface area contributed by atoms with E-state index >= 15 is 0 Å². The number of hydrogen-bond acceptors (Lipinski definition) is 6. The van der Waals surface area contributed by atoms with Crippen molar-refractivity contribution < 1.29 is 23.8 Å². The number of fused-ring (bicyclic) bond motifs is 5. The molecule has 1 spiro atoms. The monoisotopic (exact) mass is 426 g/mol. The Labute approximate surface area is 182 Å². The zero-order valence-electron chi connectivity index (χ0n) is 18.6. The van der Waals surface area contributed by atoms with E-state index in [-0.39, 0.29) is 29.6 Å². The Bertz CT molecular complexity index is 959. The highest BCUT2D eigenvalue weighted by atomic mass is 16.7. The van der Waals surface area contributed by atoms with Crippen LogP contribution >= 0.6 is 0 Å². The summed E-state index contributed by atoms with van der Waals surface area (Å²) in [6, 6.07) is 5.45. The number of carbonyl (C=O) groups is 2. The van der Waals surface area contributed by atoms with Crippen molar-refractivity contribution in [2.75, 3.05) is 45.9 Å². The molecule has 1 aromatic carbocycles. The smallest absolute Gasteiger partial charge is 0.284 e. The second-order valence-electron chi connectivity index (χ2n) is 9.16. The van der Waals surface area contributed by atoms with Crippen LogP contribution in [0.15, 0.2) is 29.8 Å². The van der Waals surface area contributed by atoms with Crippen LogP contribution in [0.5, 0.6) is 5.75 Å². The van der Waals surface area contributed by atoms with E-state index in [1.807, 2.05) is 30.0 Å². The number of ether oxygens (including phenoxy) is 3. The Balaban J connectivity index is 1.79. The van der Waals surface area contributed by atoms with Gasteiger partial charge in [0.1, 0.15) is 11.5 Å². The Hall–Kier alpha value is -2.22. The Morgan fingerprint density at radius 2 is 2.06 bits per heavy atom. The van der Waals surface area contributed by atoms with Gasteiger partial charge in [-0.15, -0.1) is 0 Å². The van der Waals surface area contributed by atoms with E-state index in [2.05, 4.69) is 18.0 Å². The molecular formula is C24H30N2O5. The van der Waals surface area contributed by atoms with E-state index in [1.165, 1.54) is 12.7 Å². The predicted molar refractivity (Wildman–Crippen MR) is 115 cm³/mol. The molecule has 0 N–H and O–H groups in total. The number of likely N-dealkylation sites (N-methyl/N-ethyl adjacent to an activating group) is 1. The summed E-state index contributed by atoms with van der Waals surface area (Å²) in [6.07, 6.45) is 2.30. The standard InChI is InChI=1S/C24H30N2O5/c1-5-14-12-25(2)9-8-24-18-10-15(29-3)6-7-19(18)26-21(24)17(16(14)11-20(24)27)13-31-23(30-4)22(26)28/h5-7,10,16-17,21,23H,8-9,11-13H2,1-4H3. The molecule has 2 bridgehead atoms. The number of rotatable bonds is 2. The SMILES string of the molecule is CC=C1CN(C)CCC23C(=O)CC1C1COC(OC)C(=O)N(c4ccc(OC)cc42)C13. The molecule has 0 aromatic heterocycles.